The van der Waals surface area contributed by atoms with Gasteiger partial charge >= 0.3 is 0 Å². The highest BCUT2D eigenvalue weighted by Gasteiger charge is 2.03. The summed E-state index contributed by atoms with van der Waals surface area (Å²) in [6.45, 7) is 0.0406. The van der Waals surface area contributed by atoms with Crippen LogP contribution < -0.4 is 4.74 Å². The van der Waals surface area contributed by atoms with Gasteiger partial charge in [0.05, 0.1) is 7.11 Å². The molecule has 94 valence electrons. The van der Waals surface area contributed by atoms with Gasteiger partial charge in [-0.3, -0.25) is 10.1 Å². The van der Waals surface area contributed by atoms with Crippen molar-refractivity contribution in [3.05, 3.63) is 33.9 Å². The van der Waals surface area contributed by atoms with Crippen LogP contribution >= 0.6 is 0 Å². The zero-order valence-corrected chi connectivity index (χ0v) is 9.89. The Morgan fingerprint density at radius 1 is 1.35 bits per heavy atom. The number of ether oxygens (including phenoxy) is 1. The molecule has 5 nitrogen and oxygen atoms in total. The van der Waals surface area contributed by atoms with Gasteiger partial charge in [-0.05, 0) is 37.0 Å². The molecule has 0 aliphatic rings. The van der Waals surface area contributed by atoms with Crippen LogP contribution in [-0.4, -0.2) is 23.7 Å². The molecule has 5 heteroatoms. The first-order valence-corrected chi connectivity index (χ1v) is 5.61. The van der Waals surface area contributed by atoms with Crippen LogP contribution in [0.5, 0.6) is 11.5 Å². The van der Waals surface area contributed by atoms with E-state index >= 15 is 0 Å². The zero-order valence-electron chi connectivity index (χ0n) is 9.89. The lowest BCUT2D eigenvalue weighted by atomic mass is 10.1. The number of nitro groups is 1. The van der Waals surface area contributed by atoms with Crippen molar-refractivity contribution in [2.24, 2.45) is 0 Å². The molecule has 0 aromatic heterocycles. The van der Waals surface area contributed by atoms with Crippen LogP contribution in [0.3, 0.4) is 0 Å². The molecule has 1 aromatic carbocycles. The summed E-state index contributed by atoms with van der Waals surface area (Å²) in [5.74, 6) is 0.595. The van der Waals surface area contributed by atoms with E-state index in [4.69, 9.17) is 4.74 Å². The van der Waals surface area contributed by atoms with Crippen LogP contribution in [0.1, 0.15) is 24.8 Å². The standard InChI is InChI=1S/C12H17NO4/c1-17-12-9-10(6-7-11(12)14)5-3-2-4-8-13(15)16/h6-7,9,14H,2-5,8H2,1H3. The zero-order chi connectivity index (χ0) is 12.7. The van der Waals surface area contributed by atoms with E-state index in [9.17, 15) is 15.2 Å². The first-order chi connectivity index (χ1) is 8.13. The molecule has 0 aliphatic carbocycles. The van der Waals surface area contributed by atoms with Crippen LogP contribution in [0.25, 0.3) is 0 Å². The maximum absolute atomic E-state index is 10.1. The van der Waals surface area contributed by atoms with Gasteiger partial charge in [-0.25, -0.2) is 0 Å². The summed E-state index contributed by atoms with van der Waals surface area (Å²) >= 11 is 0. The minimum atomic E-state index is -0.288. The van der Waals surface area contributed by atoms with Gasteiger partial charge in [0.2, 0.25) is 6.54 Å². The number of methoxy groups -OCH3 is 1. The molecule has 0 atom stereocenters. The molecule has 0 radical (unpaired) electrons. The van der Waals surface area contributed by atoms with E-state index in [0.717, 1.165) is 24.8 Å². The van der Waals surface area contributed by atoms with E-state index in [1.54, 1.807) is 12.1 Å². The molecule has 0 bridgehead atoms. The fraction of sp³-hybridized carbons (Fsp3) is 0.500. The number of phenolic OH excluding ortho intramolecular Hbond substituents is 1. The number of phenols is 1. The molecule has 0 spiro atoms. The fourth-order valence-electron chi connectivity index (χ4n) is 1.62. The van der Waals surface area contributed by atoms with Crippen LogP contribution in [0.4, 0.5) is 0 Å². The maximum Gasteiger partial charge on any atom is 0.203 e. The lowest BCUT2D eigenvalue weighted by molar-refractivity contribution is -0.480. The topological polar surface area (TPSA) is 72.6 Å². The molecule has 0 amide bonds. The summed E-state index contributed by atoms with van der Waals surface area (Å²) in [5.41, 5.74) is 1.07. The summed E-state index contributed by atoms with van der Waals surface area (Å²) in [6, 6.07) is 5.24. The highest BCUT2D eigenvalue weighted by Crippen LogP contribution is 2.26. The molecular weight excluding hydrogens is 222 g/mol. The summed E-state index contributed by atoms with van der Waals surface area (Å²) in [6.07, 6.45) is 3.20. The number of hydrogen-bond acceptors (Lipinski definition) is 4. The quantitative estimate of drug-likeness (QED) is 0.450. The lowest BCUT2D eigenvalue weighted by Crippen LogP contribution is -2.00. The van der Waals surface area contributed by atoms with E-state index in [0.29, 0.717) is 12.2 Å². The van der Waals surface area contributed by atoms with Gasteiger partial charge in [0.15, 0.2) is 11.5 Å². The Hall–Kier alpha value is -1.78. The highest BCUT2D eigenvalue weighted by atomic mass is 16.6. The van der Waals surface area contributed by atoms with Crippen LogP contribution in [0, 0.1) is 10.1 Å². The van der Waals surface area contributed by atoms with Crippen molar-refractivity contribution in [3.63, 3.8) is 0 Å². The third kappa shape index (κ3) is 4.72. The largest absolute Gasteiger partial charge is 0.504 e. The van der Waals surface area contributed by atoms with Crippen molar-refractivity contribution in [2.45, 2.75) is 25.7 Å². The Labute approximate surface area is 100 Å². The molecule has 1 rings (SSSR count). The van der Waals surface area contributed by atoms with E-state index in [2.05, 4.69) is 0 Å². The molecule has 0 heterocycles. The lowest BCUT2D eigenvalue weighted by Gasteiger charge is -2.06. The van der Waals surface area contributed by atoms with Crippen molar-refractivity contribution < 1.29 is 14.8 Å². The summed E-state index contributed by atoms with van der Waals surface area (Å²) in [7, 11) is 1.51. The Morgan fingerprint density at radius 3 is 2.76 bits per heavy atom. The maximum atomic E-state index is 10.1. The Morgan fingerprint density at radius 2 is 2.12 bits per heavy atom. The molecule has 0 unspecified atom stereocenters. The van der Waals surface area contributed by atoms with Gasteiger partial charge in [-0.15, -0.1) is 0 Å². The summed E-state index contributed by atoms with van der Waals surface area (Å²) in [5, 5.41) is 19.5. The number of nitrogens with zero attached hydrogens (tertiary/aromatic N) is 1. The molecule has 0 fully saturated rings. The third-order valence-corrected chi connectivity index (χ3v) is 2.55. The average molecular weight is 239 g/mol. The first kappa shape index (κ1) is 13.3. The predicted molar refractivity (Wildman–Crippen MR) is 64.1 cm³/mol. The summed E-state index contributed by atoms with van der Waals surface area (Å²) in [4.78, 5) is 9.83. The number of hydrogen-bond donors (Lipinski definition) is 1. The van der Waals surface area contributed by atoms with Crippen LogP contribution in [0.15, 0.2) is 18.2 Å². The van der Waals surface area contributed by atoms with Gasteiger partial charge in [-0.2, -0.15) is 0 Å². The Balaban J connectivity index is 2.34. The van der Waals surface area contributed by atoms with Crippen molar-refractivity contribution >= 4 is 0 Å². The van der Waals surface area contributed by atoms with E-state index in [1.807, 2.05) is 6.07 Å². The normalized spacial score (nSPS) is 10.2. The van der Waals surface area contributed by atoms with E-state index in [1.165, 1.54) is 7.11 Å². The Kier molecular flexibility index (Phi) is 5.26. The van der Waals surface area contributed by atoms with E-state index in [-0.39, 0.29) is 17.2 Å². The first-order valence-electron chi connectivity index (χ1n) is 5.61. The second-order valence-corrected chi connectivity index (χ2v) is 3.87. The van der Waals surface area contributed by atoms with Gasteiger partial charge < -0.3 is 9.84 Å². The average Bonchev–Trinajstić information content (AvgIpc) is 2.30. The van der Waals surface area contributed by atoms with E-state index < -0.39 is 0 Å². The molecule has 0 saturated carbocycles. The van der Waals surface area contributed by atoms with Gasteiger partial charge in [0.25, 0.3) is 0 Å². The van der Waals surface area contributed by atoms with Crippen LogP contribution in [0.2, 0.25) is 0 Å². The molecule has 17 heavy (non-hydrogen) atoms. The van der Waals surface area contributed by atoms with Gasteiger partial charge in [0, 0.05) is 11.3 Å². The third-order valence-electron chi connectivity index (χ3n) is 2.55. The Bertz CT molecular complexity index is 379. The molecule has 0 aliphatic heterocycles. The van der Waals surface area contributed by atoms with Crippen molar-refractivity contribution in [1.82, 2.24) is 0 Å². The predicted octanol–water partition coefficient (Wildman–Crippen LogP) is 2.39. The number of aryl methyl sites for hydroxylation is 1. The molecule has 1 N–H and O–H groups in total. The fourth-order valence-corrected chi connectivity index (χ4v) is 1.62. The van der Waals surface area contributed by atoms with Crippen LogP contribution in [-0.2, 0) is 6.42 Å². The highest BCUT2D eigenvalue weighted by molar-refractivity contribution is 5.41. The molecule has 0 saturated heterocycles. The SMILES string of the molecule is COc1cc(CCCCC[N+](=O)[O-])ccc1O. The van der Waals surface area contributed by atoms with Gasteiger partial charge in [-0.1, -0.05) is 6.07 Å². The number of unbranched alkanes of at least 4 members (excludes halogenated alkanes) is 2. The molecule has 1 aromatic rings. The van der Waals surface area contributed by atoms with Gasteiger partial charge in [0.1, 0.15) is 0 Å². The minimum Gasteiger partial charge on any atom is -0.504 e. The van der Waals surface area contributed by atoms with Crippen molar-refractivity contribution in [3.8, 4) is 11.5 Å². The molecular formula is C12H17NO4. The van der Waals surface area contributed by atoms with Crippen molar-refractivity contribution in [2.75, 3.05) is 13.7 Å². The monoisotopic (exact) mass is 239 g/mol. The van der Waals surface area contributed by atoms with Crippen molar-refractivity contribution in [1.29, 1.82) is 0 Å². The number of aromatic hydroxyl groups is 1. The smallest absolute Gasteiger partial charge is 0.203 e. The number of rotatable bonds is 7. The number of benzene rings is 1. The minimum absolute atomic E-state index is 0.0406. The second-order valence-electron chi connectivity index (χ2n) is 3.87. The summed E-state index contributed by atoms with van der Waals surface area (Å²) < 4.78 is 5.01. The second kappa shape index (κ2) is 6.73.